The molecule has 2 atom stereocenters. The molecule has 0 saturated heterocycles. The average molecular weight is 236 g/mol. The molecule has 0 aliphatic rings. The Morgan fingerprint density at radius 3 is 2.19 bits per heavy atom. The molecular weight excluding hydrogens is 224 g/mol. The molecule has 0 spiro atoms. The Hall–Kier alpha value is -1.81. The third-order valence-corrected chi connectivity index (χ3v) is 2.04. The van der Waals surface area contributed by atoms with Gasteiger partial charge in [0.15, 0.2) is 0 Å². The third-order valence-electron chi connectivity index (χ3n) is 2.04. The number of carbonyl (C=O) groups is 1. The Morgan fingerprint density at radius 2 is 1.94 bits per heavy atom. The van der Waals surface area contributed by atoms with Gasteiger partial charge >= 0.3 is 11.6 Å². The van der Waals surface area contributed by atoms with Gasteiger partial charge in [0.1, 0.15) is 6.42 Å². The zero-order valence-corrected chi connectivity index (χ0v) is 8.24. The Kier molecular flexibility index (Phi) is 4.72. The Balaban J connectivity index is 4.92. The molecule has 0 bridgehead atoms. The molecule has 0 fully saturated rings. The Labute approximate surface area is 89.5 Å². The van der Waals surface area contributed by atoms with Crippen molar-refractivity contribution in [1.29, 1.82) is 0 Å². The summed E-state index contributed by atoms with van der Waals surface area (Å²) in [6, 6.07) is -1.45. The van der Waals surface area contributed by atoms with Crippen LogP contribution in [0.1, 0.15) is 12.8 Å². The number of hydrogen-bond acceptors (Lipinski definition) is 7. The summed E-state index contributed by atoms with van der Waals surface area (Å²) < 4.78 is 0. The van der Waals surface area contributed by atoms with Crippen LogP contribution in [0, 0.1) is 20.2 Å². The topological polar surface area (TPSA) is 176 Å². The highest BCUT2D eigenvalue weighted by Crippen LogP contribution is 2.15. The predicted octanol–water partition coefficient (Wildman–Crippen LogP) is -1.61. The fourth-order valence-electron chi connectivity index (χ4n) is 1.07. The van der Waals surface area contributed by atoms with Crippen LogP contribution in [0.2, 0.25) is 0 Å². The molecule has 0 saturated carbocycles. The van der Waals surface area contributed by atoms with E-state index in [4.69, 9.17) is 16.6 Å². The first-order valence-corrected chi connectivity index (χ1v) is 4.26. The summed E-state index contributed by atoms with van der Waals surface area (Å²) in [5.74, 6) is -1.92. The zero-order valence-electron chi connectivity index (χ0n) is 8.24. The van der Waals surface area contributed by atoms with E-state index in [0.29, 0.717) is 0 Å². The summed E-state index contributed by atoms with van der Waals surface area (Å²) in [6.45, 7) is -0.0843. The minimum Gasteiger partial charge on any atom is -0.475 e. The lowest BCUT2D eigenvalue weighted by Crippen LogP contribution is -2.57. The van der Waals surface area contributed by atoms with Crippen LogP contribution in [-0.4, -0.2) is 39.2 Å². The lowest BCUT2D eigenvalue weighted by molar-refractivity contribution is -0.581. The molecule has 0 rings (SSSR count). The second-order valence-corrected chi connectivity index (χ2v) is 3.21. The van der Waals surface area contributed by atoms with Gasteiger partial charge in [-0.3, -0.25) is 26.0 Å². The first kappa shape index (κ1) is 14.2. The van der Waals surface area contributed by atoms with Gasteiger partial charge in [0, 0.05) is 11.3 Å². The number of nitro groups is 2. The van der Waals surface area contributed by atoms with E-state index in [1.165, 1.54) is 0 Å². The molecule has 0 aromatic rings. The molecule has 92 valence electrons. The number of nitrogens with two attached hydrogens (primary N) is 2. The molecular formula is C6H12N4O6. The summed E-state index contributed by atoms with van der Waals surface area (Å²) >= 11 is 0. The Morgan fingerprint density at radius 1 is 1.44 bits per heavy atom. The maximum atomic E-state index is 10.6. The van der Waals surface area contributed by atoms with E-state index in [1.54, 1.807) is 0 Å². The van der Waals surface area contributed by atoms with Crippen LogP contribution in [-0.2, 0) is 4.79 Å². The summed E-state index contributed by atoms with van der Waals surface area (Å²) in [6.07, 6.45) is -1.08. The molecule has 0 aromatic carbocycles. The molecule has 0 radical (unpaired) electrons. The standard InChI is InChI=1S/C6H12N4O6/c7-2-1-4(9(13)14)3-6(8,5(11)12)10(15)16/h4H,1-3,7-8H2,(H,11,12). The van der Waals surface area contributed by atoms with Crippen molar-refractivity contribution in [2.75, 3.05) is 6.54 Å². The largest absolute Gasteiger partial charge is 0.475 e. The molecule has 0 aromatic heterocycles. The molecule has 5 N–H and O–H groups in total. The summed E-state index contributed by atoms with van der Waals surface area (Å²) in [5, 5.41) is 29.5. The first-order valence-electron chi connectivity index (χ1n) is 4.26. The highest BCUT2D eigenvalue weighted by atomic mass is 16.6. The second-order valence-electron chi connectivity index (χ2n) is 3.21. The smallest absolute Gasteiger partial charge is 0.399 e. The Bertz CT molecular complexity index is 291. The van der Waals surface area contributed by atoms with E-state index in [0.717, 1.165) is 0 Å². The summed E-state index contributed by atoms with van der Waals surface area (Å²) in [5.41, 5.74) is 7.23. The second kappa shape index (κ2) is 5.32. The van der Waals surface area contributed by atoms with Crippen LogP contribution in [0.4, 0.5) is 0 Å². The van der Waals surface area contributed by atoms with Crippen molar-refractivity contribution in [3.63, 3.8) is 0 Å². The van der Waals surface area contributed by atoms with Gasteiger partial charge in [-0.15, -0.1) is 0 Å². The van der Waals surface area contributed by atoms with E-state index in [9.17, 15) is 25.0 Å². The van der Waals surface area contributed by atoms with Crippen molar-refractivity contribution in [3.05, 3.63) is 20.2 Å². The van der Waals surface area contributed by atoms with Crippen LogP contribution in [0.25, 0.3) is 0 Å². The molecule has 0 aliphatic carbocycles. The first-order chi connectivity index (χ1) is 7.25. The minimum atomic E-state index is -2.85. The quantitative estimate of drug-likeness (QED) is 0.268. The van der Waals surface area contributed by atoms with Crippen molar-refractivity contribution in [3.8, 4) is 0 Å². The number of aliphatic carboxylic acids is 1. The number of hydrogen-bond donors (Lipinski definition) is 3. The molecule has 10 heteroatoms. The van der Waals surface area contributed by atoms with Gasteiger partial charge < -0.3 is 10.8 Å². The van der Waals surface area contributed by atoms with Gasteiger partial charge in [-0.2, -0.15) is 0 Å². The van der Waals surface area contributed by atoms with E-state index in [2.05, 4.69) is 0 Å². The SMILES string of the molecule is NCCC(CC(N)(C(=O)O)[N+](=O)[O-])[N+](=O)[O-]. The van der Waals surface area contributed by atoms with Gasteiger partial charge in [-0.1, -0.05) is 0 Å². The van der Waals surface area contributed by atoms with Gasteiger partial charge in [-0.25, -0.2) is 4.79 Å². The minimum absolute atomic E-state index is 0.0843. The monoisotopic (exact) mass is 236 g/mol. The van der Waals surface area contributed by atoms with Crippen LogP contribution in [0.15, 0.2) is 0 Å². The summed E-state index contributed by atoms with van der Waals surface area (Å²) in [7, 11) is 0. The normalized spacial score (nSPS) is 16.1. The van der Waals surface area contributed by atoms with Crippen LogP contribution in [0.3, 0.4) is 0 Å². The van der Waals surface area contributed by atoms with E-state index in [1.807, 2.05) is 0 Å². The number of carboxylic acids is 1. The lowest BCUT2D eigenvalue weighted by atomic mass is 10.00. The van der Waals surface area contributed by atoms with Gasteiger partial charge in [0.2, 0.25) is 6.04 Å². The van der Waals surface area contributed by atoms with Crippen LogP contribution >= 0.6 is 0 Å². The highest BCUT2D eigenvalue weighted by Gasteiger charge is 2.51. The maximum Gasteiger partial charge on any atom is 0.399 e. The lowest BCUT2D eigenvalue weighted by Gasteiger charge is -2.17. The van der Waals surface area contributed by atoms with E-state index >= 15 is 0 Å². The maximum absolute atomic E-state index is 10.6. The van der Waals surface area contributed by atoms with Crippen molar-refractivity contribution in [2.24, 2.45) is 11.5 Å². The third kappa shape index (κ3) is 3.10. The van der Waals surface area contributed by atoms with E-state index in [-0.39, 0.29) is 13.0 Å². The van der Waals surface area contributed by atoms with Crippen molar-refractivity contribution in [1.82, 2.24) is 0 Å². The highest BCUT2D eigenvalue weighted by molar-refractivity contribution is 5.76. The molecule has 0 heterocycles. The number of rotatable bonds is 7. The van der Waals surface area contributed by atoms with Gasteiger partial charge in [-0.05, 0) is 6.54 Å². The van der Waals surface area contributed by atoms with Crippen molar-refractivity contribution in [2.45, 2.75) is 24.5 Å². The van der Waals surface area contributed by atoms with Crippen molar-refractivity contribution >= 4 is 5.97 Å². The zero-order chi connectivity index (χ0) is 12.9. The molecule has 10 nitrogen and oxygen atoms in total. The summed E-state index contributed by atoms with van der Waals surface area (Å²) in [4.78, 5) is 29.5. The average Bonchev–Trinajstić information content (AvgIpc) is 2.15. The molecule has 2 unspecified atom stereocenters. The van der Waals surface area contributed by atoms with Gasteiger partial charge in [0.05, 0.1) is 4.92 Å². The fourth-order valence-corrected chi connectivity index (χ4v) is 1.07. The molecule has 0 aliphatic heterocycles. The number of carboxylic acid groups (broad SMARTS) is 1. The van der Waals surface area contributed by atoms with Crippen molar-refractivity contribution < 1.29 is 19.7 Å². The molecule has 0 amide bonds. The number of nitrogens with zero attached hydrogens (tertiary/aromatic N) is 2. The molecule has 16 heavy (non-hydrogen) atoms. The van der Waals surface area contributed by atoms with Gasteiger partial charge in [0.25, 0.3) is 0 Å². The van der Waals surface area contributed by atoms with E-state index < -0.39 is 33.9 Å². The van der Waals surface area contributed by atoms with Crippen LogP contribution < -0.4 is 11.5 Å². The fraction of sp³-hybridized carbons (Fsp3) is 0.833. The predicted molar refractivity (Wildman–Crippen MR) is 50.6 cm³/mol. The van der Waals surface area contributed by atoms with Crippen LogP contribution in [0.5, 0.6) is 0 Å².